The van der Waals surface area contributed by atoms with Gasteiger partial charge in [-0.3, -0.25) is 9.59 Å². The number of amides is 1. The SMILES string of the molecule is C#Cc1cnc(C(=O)NCC(C)(C)C(=O)OCC)c(O)c1. The Labute approximate surface area is 123 Å². The number of rotatable bonds is 5. The van der Waals surface area contributed by atoms with Crippen LogP contribution >= 0.6 is 0 Å². The maximum atomic E-state index is 12.0. The van der Waals surface area contributed by atoms with E-state index in [0.29, 0.717) is 5.56 Å². The maximum Gasteiger partial charge on any atom is 0.313 e. The first-order valence-corrected chi connectivity index (χ1v) is 6.43. The van der Waals surface area contributed by atoms with Crippen LogP contribution in [0.5, 0.6) is 5.75 Å². The van der Waals surface area contributed by atoms with Crippen LogP contribution in [0.2, 0.25) is 0 Å². The molecule has 112 valence electrons. The Balaban J connectivity index is 2.74. The normalized spacial score (nSPS) is 10.6. The van der Waals surface area contributed by atoms with E-state index in [4.69, 9.17) is 11.2 Å². The third kappa shape index (κ3) is 4.21. The zero-order valence-corrected chi connectivity index (χ0v) is 12.3. The number of nitrogens with one attached hydrogen (secondary N) is 1. The van der Waals surface area contributed by atoms with Crippen LogP contribution in [-0.4, -0.2) is 35.1 Å². The van der Waals surface area contributed by atoms with E-state index in [1.165, 1.54) is 12.3 Å². The second kappa shape index (κ2) is 6.75. The Morgan fingerprint density at radius 3 is 2.71 bits per heavy atom. The van der Waals surface area contributed by atoms with Crippen LogP contribution in [0.3, 0.4) is 0 Å². The third-order valence-corrected chi connectivity index (χ3v) is 2.77. The zero-order chi connectivity index (χ0) is 16.0. The lowest BCUT2D eigenvalue weighted by atomic mass is 9.93. The molecule has 0 aliphatic rings. The molecule has 2 N–H and O–H groups in total. The minimum absolute atomic E-state index is 0.0582. The number of aromatic hydroxyl groups is 1. The first kappa shape index (κ1) is 16.5. The molecule has 0 radical (unpaired) electrons. The molecule has 1 aromatic rings. The number of terminal acetylenes is 1. The second-order valence-corrected chi connectivity index (χ2v) is 5.02. The average molecular weight is 290 g/mol. The van der Waals surface area contributed by atoms with Crippen molar-refractivity contribution in [2.75, 3.05) is 13.2 Å². The van der Waals surface area contributed by atoms with Gasteiger partial charge in [-0.15, -0.1) is 6.42 Å². The molecule has 0 aromatic carbocycles. The van der Waals surface area contributed by atoms with Crippen molar-refractivity contribution in [1.29, 1.82) is 0 Å². The predicted molar refractivity (Wildman–Crippen MR) is 76.6 cm³/mol. The molecular formula is C15H18N2O4. The topological polar surface area (TPSA) is 88.5 Å². The summed E-state index contributed by atoms with van der Waals surface area (Å²) in [5, 5.41) is 12.2. The lowest BCUT2D eigenvalue weighted by molar-refractivity contribution is -0.153. The van der Waals surface area contributed by atoms with E-state index in [9.17, 15) is 14.7 Å². The number of carbonyl (C=O) groups is 2. The summed E-state index contributed by atoms with van der Waals surface area (Å²) >= 11 is 0. The Hall–Kier alpha value is -2.55. The van der Waals surface area contributed by atoms with E-state index in [2.05, 4.69) is 16.2 Å². The molecule has 6 heteroatoms. The van der Waals surface area contributed by atoms with E-state index in [1.807, 2.05) is 0 Å². The lowest BCUT2D eigenvalue weighted by Gasteiger charge is -2.22. The van der Waals surface area contributed by atoms with Gasteiger partial charge in [-0.2, -0.15) is 0 Å². The highest BCUT2D eigenvalue weighted by molar-refractivity contribution is 5.95. The Bertz CT molecular complexity index is 588. The number of ether oxygens (including phenoxy) is 1. The average Bonchev–Trinajstić information content (AvgIpc) is 2.44. The quantitative estimate of drug-likeness (QED) is 0.626. The van der Waals surface area contributed by atoms with Crippen molar-refractivity contribution in [3.05, 3.63) is 23.5 Å². The van der Waals surface area contributed by atoms with Crippen molar-refractivity contribution in [2.45, 2.75) is 20.8 Å². The summed E-state index contributed by atoms with van der Waals surface area (Å²) in [5.41, 5.74) is -0.649. The van der Waals surface area contributed by atoms with Crippen LogP contribution < -0.4 is 5.32 Å². The summed E-state index contributed by atoms with van der Waals surface area (Å²) < 4.78 is 4.92. The van der Waals surface area contributed by atoms with Crippen LogP contribution in [0.4, 0.5) is 0 Å². The third-order valence-electron chi connectivity index (χ3n) is 2.77. The molecule has 1 aromatic heterocycles. The van der Waals surface area contributed by atoms with Crippen molar-refractivity contribution in [3.63, 3.8) is 0 Å². The minimum Gasteiger partial charge on any atom is -0.505 e. The lowest BCUT2D eigenvalue weighted by Crippen LogP contribution is -2.40. The number of hydrogen-bond donors (Lipinski definition) is 2. The van der Waals surface area contributed by atoms with E-state index < -0.39 is 17.3 Å². The molecule has 0 atom stereocenters. The number of hydrogen-bond acceptors (Lipinski definition) is 5. The van der Waals surface area contributed by atoms with E-state index in [0.717, 1.165) is 0 Å². The predicted octanol–water partition coefficient (Wildman–Crippen LogP) is 1.09. The standard InChI is InChI=1S/C15H18N2O4/c1-5-10-7-11(18)12(16-8-10)13(19)17-9-15(3,4)14(20)21-6-2/h1,7-8,18H,6,9H2,2-4H3,(H,17,19). The van der Waals surface area contributed by atoms with Gasteiger partial charge in [0.1, 0.15) is 5.75 Å². The van der Waals surface area contributed by atoms with Gasteiger partial charge in [-0.1, -0.05) is 5.92 Å². The molecule has 0 spiro atoms. The first-order valence-electron chi connectivity index (χ1n) is 6.43. The molecular weight excluding hydrogens is 272 g/mol. The van der Waals surface area contributed by atoms with Gasteiger partial charge in [0.2, 0.25) is 0 Å². The molecule has 0 aliphatic carbocycles. The molecule has 1 amide bonds. The molecule has 0 saturated carbocycles. The molecule has 0 saturated heterocycles. The van der Waals surface area contributed by atoms with E-state index >= 15 is 0 Å². The highest BCUT2D eigenvalue weighted by atomic mass is 16.5. The fraction of sp³-hybridized carbons (Fsp3) is 0.400. The number of esters is 1. The number of pyridine rings is 1. The Morgan fingerprint density at radius 2 is 2.19 bits per heavy atom. The largest absolute Gasteiger partial charge is 0.505 e. The molecule has 0 unspecified atom stereocenters. The first-order chi connectivity index (χ1) is 9.81. The maximum absolute atomic E-state index is 12.0. The summed E-state index contributed by atoms with van der Waals surface area (Å²) in [5.74, 6) is 0.994. The summed E-state index contributed by atoms with van der Waals surface area (Å²) in [7, 11) is 0. The highest BCUT2D eigenvalue weighted by Crippen LogP contribution is 2.18. The number of carbonyl (C=O) groups excluding carboxylic acids is 2. The van der Waals surface area contributed by atoms with Crippen molar-refractivity contribution in [3.8, 4) is 18.1 Å². The van der Waals surface area contributed by atoms with E-state index in [1.54, 1.807) is 20.8 Å². The van der Waals surface area contributed by atoms with Gasteiger partial charge in [-0.05, 0) is 26.8 Å². The van der Waals surface area contributed by atoms with Gasteiger partial charge < -0.3 is 15.2 Å². The van der Waals surface area contributed by atoms with Crippen LogP contribution in [0, 0.1) is 17.8 Å². The fourth-order valence-corrected chi connectivity index (χ4v) is 1.49. The monoisotopic (exact) mass is 290 g/mol. The molecule has 6 nitrogen and oxygen atoms in total. The number of nitrogens with zero attached hydrogens (tertiary/aromatic N) is 1. The smallest absolute Gasteiger partial charge is 0.313 e. The fourth-order valence-electron chi connectivity index (χ4n) is 1.49. The summed E-state index contributed by atoms with van der Waals surface area (Å²) in [6.07, 6.45) is 6.48. The van der Waals surface area contributed by atoms with Crippen LogP contribution in [0.1, 0.15) is 36.8 Å². The van der Waals surface area contributed by atoms with Gasteiger partial charge >= 0.3 is 5.97 Å². The second-order valence-electron chi connectivity index (χ2n) is 5.02. The van der Waals surface area contributed by atoms with Crippen molar-refractivity contribution < 1.29 is 19.4 Å². The van der Waals surface area contributed by atoms with Crippen molar-refractivity contribution >= 4 is 11.9 Å². The van der Waals surface area contributed by atoms with Crippen molar-refractivity contribution in [1.82, 2.24) is 10.3 Å². The van der Waals surface area contributed by atoms with E-state index in [-0.39, 0.29) is 24.6 Å². The van der Waals surface area contributed by atoms with Crippen LogP contribution in [0.25, 0.3) is 0 Å². The van der Waals surface area contributed by atoms with Gasteiger partial charge in [-0.25, -0.2) is 4.98 Å². The highest BCUT2D eigenvalue weighted by Gasteiger charge is 2.30. The molecule has 0 aliphatic heterocycles. The summed E-state index contributed by atoms with van der Waals surface area (Å²) in [6.45, 7) is 5.34. The molecule has 21 heavy (non-hydrogen) atoms. The van der Waals surface area contributed by atoms with Gasteiger partial charge in [0.25, 0.3) is 5.91 Å². The molecule has 1 heterocycles. The number of aromatic nitrogens is 1. The molecule has 0 fully saturated rings. The van der Waals surface area contributed by atoms with Gasteiger partial charge in [0.15, 0.2) is 5.69 Å². The molecule has 1 rings (SSSR count). The minimum atomic E-state index is -0.875. The zero-order valence-electron chi connectivity index (χ0n) is 12.3. The van der Waals surface area contributed by atoms with Gasteiger partial charge in [0.05, 0.1) is 12.0 Å². The Kier molecular flexibility index (Phi) is 5.30. The Morgan fingerprint density at radius 1 is 1.52 bits per heavy atom. The van der Waals surface area contributed by atoms with Gasteiger partial charge in [0, 0.05) is 18.3 Å². The summed E-state index contributed by atoms with van der Waals surface area (Å²) in [4.78, 5) is 27.5. The van der Waals surface area contributed by atoms with Crippen LogP contribution in [0.15, 0.2) is 12.3 Å². The molecule has 0 bridgehead atoms. The summed E-state index contributed by atoms with van der Waals surface area (Å²) in [6, 6.07) is 1.28. The van der Waals surface area contributed by atoms with Crippen LogP contribution in [-0.2, 0) is 9.53 Å². The van der Waals surface area contributed by atoms with Crippen molar-refractivity contribution in [2.24, 2.45) is 5.41 Å².